The van der Waals surface area contributed by atoms with Gasteiger partial charge in [-0.3, -0.25) is 4.79 Å². The molecule has 5 heteroatoms. The highest BCUT2D eigenvalue weighted by molar-refractivity contribution is 5.76. The Balaban J connectivity index is 2.70. The van der Waals surface area contributed by atoms with Crippen LogP contribution in [-0.4, -0.2) is 19.2 Å². The summed E-state index contributed by atoms with van der Waals surface area (Å²) in [6.07, 6.45) is 0. The number of nitrogens with two attached hydrogens (primary N) is 1. The minimum absolute atomic E-state index is 0.243. The van der Waals surface area contributed by atoms with E-state index in [-0.39, 0.29) is 5.56 Å². The van der Waals surface area contributed by atoms with Crippen LogP contribution < -0.4 is 20.8 Å². The average Bonchev–Trinajstić information content (AvgIpc) is 2.36. The third-order valence-electron chi connectivity index (χ3n) is 2.88. The van der Waals surface area contributed by atoms with Gasteiger partial charge in [0.05, 0.1) is 14.2 Å². The number of H-pyrrole nitrogens is 1. The van der Waals surface area contributed by atoms with Crippen molar-refractivity contribution >= 4 is 5.82 Å². The summed E-state index contributed by atoms with van der Waals surface area (Å²) in [5.41, 5.74) is 7.93. The molecule has 0 aliphatic heterocycles. The number of rotatable bonds is 3. The molecule has 0 spiro atoms. The molecule has 19 heavy (non-hydrogen) atoms. The van der Waals surface area contributed by atoms with E-state index in [0.717, 1.165) is 16.7 Å². The molecule has 0 fully saturated rings. The summed E-state index contributed by atoms with van der Waals surface area (Å²) in [7, 11) is 3.17. The maximum Gasteiger partial charge on any atom is 0.250 e. The molecule has 1 aromatic carbocycles. The SMILES string of the molecule is COc1cc(C)c(-c2cc(N)[nH]c(=O)c2)c(OC)c1. The first kappa shape index (κ1) is 13.0. The van der Waals surface area contributed by atoms with Crippen LogP contribution in [0.2, 0.25) is 0 Å². The van der Waals surface area contributed by atoms with Crippen molar-refractivity contribution in [2.45, 2.75) is 6.92 Å². The molecule has 0 atom stereocenters. The van der Waals surface area contributed by atoms with Crippen molar-refractivity contribution in [3.63, 3.8) is 0 Å². The lowest BCUT2D eigenvalue weighted by molar-refractivity contribution is 0.395. The molecule has 0 radical (unpaired) electrons. The van der Waals surface area contributed by atoms with Crippen molar-refractivity contribution in [3.05, 3.63) is 40.2 Å². The second-order valence-corrected chi connectivity index (χ2v) is 4.21. The second-order valence-electron chi connectivity index (χ2n) is 4.21. The van der Waals surface area contributed by atoms with Gasteiger partial charge in [-0.15, -0.1) is 0 Å². The minimum Gasteiger partial charge on any atom is -0.497 e. The standard InChI is InChI=1S/C14H16N2O3/c1-8-4-10(18-2)7-11(19-3)14(8)9-5-12(15)16-13(17)6-9/h4-7H,1-3H3,(H3,15,16,17). The first-order valence-electron chi connectivity index (χ1n) is 5.78. The van der Waals surface area contributed by atoms with Crippen LogP contribution in [0.5, 0.6) is 11.5 Å². The maximum absolute atomic E-state index is 11.5. The number of aromatic nitrogens is 1. The van der Waals surface area contributed by atoms with Crippen molar-refractivity contribution < 1.29 is 9.47 Å². The predicted octanol–water partition coefficient (Wildman–Crippen LogP) is 1.95. The van der Waals surface area contributed by atoms with Crippen molar-refractivity contribution in [2.24, 2.45) is 0 Å². The molecule has 0 unspecified atom stereocenters. The van der Waals surface area contributed by atoms with Crippen LogP contribution in [0.3, 0.4) is 0 Å². The van der Waals surface area contributed by atoms with Gasteiger partial charge < -0.3 is 20.2 Å². The number of methoxy groups -OCH3 is 2. The minimum atomic E-state index is -0.243. The van der Waals surface area contributed by atoms with Crippen molar-refractivity contribution in [1.29, 1.82) is 0 Å². The number of hydrogen-bond acceptors (Lipinski definition) is 4. The van der Waals surface area contributed by atoms with E-state index in [0.29, 0.717) is 17.3 Å². The zero-order valence-electron chi connectivity index (χ0n) is 11.1. The number of hydrogen-bond donors (Lipinski definition) is 2. The highest BCUT2D eigenvalue weighted by atomic mass is 16.5. The van der Waals surface area contributed by atoms with E-state index in [1.165, 1.54) is 6.07 Å². The zero-order valence-corrected chi connectivity index (χ0v) is 11.1. The first-order valence-corrected chi connectivity index (χ1v) is 5.78. The maximum atomic E-state index is 11.5. The van der Waals surface area contributed by atoms with Gasteiger partial charge in [-0.2, -0.15) is 0 Å². The van der Waals surface area contributed by atoms with Crippen LogP contribution in [-0.2, 0) is 0 Å². The molecule has 100 valence electrons. The predicted molar refractivity (Wildman–Crippen MR) is 74.8 cm³/mol. The molecule has 0 saturated carbocycles. The summed E-state index contributed by atoms with van der Waals surface area (Å²) < 4.78 is 10.6. The quantitative estimate of drug-likeness (QED) is 0.884. The molecule has 2 aromatic rings. The van der Waals surface area contributed by atoms with E-state index in [1.54, 1.807) is 26.4 Å². The fourth-order valence-electron chi connectivity index (χ4n) is 2.08. The Kier molecular flexibility index (Phi) is 3.46. The van der Waals surface area contributed by atoms with Gasteiger partial charge in [-0.05, 0) is 30.2 Å². The Morgan fingerprint density at radius 1 is 1.11 bits per heavy atom. The molecule has 0 amide bonds. The van der Waals surface area contributed by atoms with Gasteiger partial charge in [0.1, 0.15) is 17.3 Å². The summed E-state index contributed by atoms with van der Waals surface area (Å²) in [4.78, 5) is 14.0. The van der Waals surface area contributed by atoms with E-state index in [2.05, 4.69) is 4.98 Å². The lowest BCUT2D eigenvalue weighted by Crippen LogP contribution is -2.08. The molecule has 1 heterocycles. The summed E-state index contributed by atoms with van der Waals surface area (Å²) in [6, 6.07) is 6.86. The van der Waals surface area contributed by atoms with Crippen LogP contribution >= 0.6 is 0 Å². The third-order valence-corrected chi connectivity index (χ3v) is 2.88. The molecular weight excluding hydrogens is 244 g/mol. The van der Waals surface area contributed by atoms with Crippen LogP contribution in [0.1, 0.15) is 5.56 Å². The molecule has 5 nitrogen and oxygen atoms in total. The molecule has 1 aromatic heterocycles. The number of anilines is 1. The van der Waals surface area contributed by atoms with Gasteiger partial charge in [0.15, 0.2) is 0 Å². The number of nitrogen functional groups attached to an aromatic ring is 1. The number of benzene rings is 1. The van der Waals surface area contributed by atoms with Crippen LogP contribution in [0.15, 0.2) is 29.1 Å². The fraction of sp³-hybridized carbons (Fsp3) is 0.214. The number of ether oxygens (including phenoxy) is 2. The molecule has 3 N–H and O–H groups in total. The topological polar surface area (TPSA) is 77.3 Å². The Labute approximate surface area is 111 Å². The number of pyridine rings is 1. The van der Waals surface area contributed by atoms with Gasteiger partial charge >= 0.3 is 0 Å². The summed E-state index contributed by atoms with van der Waals surface area (Å²) in [5, 5.41) is 0. The van der Waals surface area contributed by atoms with Gasteiger partial charge in [-0.1, -0.05) is 0 Å². The fourth-order valence-corrected chi connectivity index (χ4v) is 2.08. The van der Waals surface area contributed by atoms with Crippen molar-refractivity contribution in [3.8, 4) is 22.6 Å². The highest BCUT2D eigenvalue weighted by Gasteiger charge is 2.12. The monoisotopic (exact) mass is 260 g/mol. The van der Waals surface area contributed by atoms with Gasteiger partial charge in [0.25, 0.3) is 0 Å². The van der Waals surface area contributed by atoms with E-state index < -0.39 is 0 Å². The van der Waals surface area contributed by atoms with Gasteiger partial charge in [-0.25, -0.2) is 0 Å². The number of aromatic amines is 1. The van der Waals surface area contributed by atoms with E-state index in [4.69, 9.17) is 15.2 Å². The van der Waals surface area contributed by atoms with Crippen LogP contribution in [0.4, 0.5) is 5.82 Å². The zero-order chi connectivity index (χ0) is 14.0. The number of aryl methyl sites for hydroxylation is 1. The molecule has 0 aliphatic rings. The largest absolute Gasteiger partial charge is 0.497 e. The highest BCUT2D eigenvalue weighted by Crippen LogP contribution is 2.36. The normalized spacial score (nSPS) is 10.3. The second kappa shape index (κ2) is 5.06. The Hall–Kier alpha value is -2.43. The summed E-state index contributed by atoms with van der Waals surface area (Å²) in [5.74, 6) is 1.66. The van der Waals surface area contributed by atoms with Crippen molar-refractivity contribution in [1.82, 2.24) is 4.98 Å². The summed E-state index contributed by atoms with van der Waals surface area (Å²) >= 11 is 0. The summed E-state index contributed by atoms with van der Waals surface area (Å²) in [6.45, 7) is 1.93. The van der Waals surface area contributed by atoms with Crippen LogP contribution in [0, 0.1) is 6.92 Å². The molecule has 0 bridgehead atoms. The van der Waals surface area contributed by atoms with Crippen molar-refractivity contribution in [2.75, 3.05) is 20.0 Å². The average molecular weight is 260 g/mol. The van der Waals surface area contributed by atoms with E-state index in [1.807, 2.05) is 13.0 Å². The molecule has 2 rings (SSSR count). The Bertz CT molecular complexity index is 662. The first-order chi connectivity index (χ1) is 9.05. The third kappa shape index (κ3) is 2.54. The van der Waals surface area contributed by atoms with Crippen LogP contribution in [0.25, 0.3) is 11.1 Å². The smallest absolute Gasteiger partial charge is 0.250 e. The Morgan fingerprint density at radius 2 is 1.84 bits per heavy atom. The van der Waals surface area contributed by atoms with E-state index >= 15 is 0 Å². The Morgan fingerprint density at radius 3 is 2.42 bits per heavy atom. The lowest BCUT2D eigenvalue weighted by Gasteiger charge is -2.14. The molecule has 0 saturated heterocycles. The lowest BCUT2D eigenvalue weighted by atomic mass is 9.99. The molecule has 0 aliphatic carbocycles. The van der Waals surface area contributed by atoms with Gasteiger partial charge in [0.2, 0.25) is 5.56 Å². The molecular formula is C14H16N2O3. The van der Waals surface area contributed by atoms with Gasteiger partial charge in [0, 0.05) is 17.7 Å². The number of nitrogens with one attached hydrogen (secondary N) is 1. The van der Waals surface area contributed by atoms with E-state index in [9.17, 15) is 4.79 Å².